The maximum absolute atomic E-state index is 12.2. The molecule has 1 heterocycles. The Bertz CT molecular complexity index is 529. The lowest BCUT2D eigenvalue weighted by atomic mass is 10.1. The molecule has 0 spiro atoms. The molecule has 0 radical (unpaired) electrons. The fourth-order valence-corrected chi connectivity index (χ4v) is 3.21. The van der Waals surface area contributed by atoms with E-state index in [0.29, 0.717) is 11.3 Å². The first-order chi connectivity index (χ1) is 10.2. The lowest BCUT2D eigenvalue weighted by Gasteiger charge is -2.21. The van der Waals surface area contributed by atoms with E-state index < -0.39 is 6.10 Å². The number of hydrogen-bond acceptors (Lipinski definition) is 4. The van der Waals surface area contributed by atoms with Gasteiger partial charge in [0.1, 0.15) is 0 Å². The second-order valence-corrected chi connectivity index (χ2v) is 6.31. The average Bonchev–Trinajstić information content (AvgIpc) is 2.85. The van der Waals surface area contributed by atoms with Crippen LogP contribution in [0, 0.1) is 11.8 Å². The summed E-state index contributed by atoms with van der Waals surface area (Å²) < 4.78 is 0. The van der Waals surface area contributed by atoms with Crippen LogP contribution in [0.2, 0.25) is 0 Å². The molecule has 0 aromatic carbocycles. The summed E-state index contributed by atoms with van der Waals surface area (Å²) in [4.78, 5) is 13.6. The number of hydrogen-bond donors (Lipinski definition) is 3. The molecule has 1 aromatic heterocycles. The van der Waals surface area contributed by atoms with Crippen LogP contribution >= 0.6 is 11.3 Å². The number of amides is 1. The molecule has 3 N–H and O–H groups in total. The summed E-state index contributed by atoms with van der Waals surface area (Å²) in [6.45, 7) is 0.0469. The Balaban J connectivity index is 1.95. The van der Waals surface area contributed by atoms with Crippen LogP contribution in [0.3, 0.4) is 0 Å². The van der Waals surface area contributed by atoms with Gasteiger partial charge in [-0.15, -0.1) is 11.3 Å². The lowest BCUT2D eigenvalue weighted by Crippen LogP contribution is -2.42. The van der Waals surface area contributed by atoms with Crippen molar-refractivity contribution < 1.29 is 15.0 Å². The molecule has 1 aromatic rings. The maximum atomic E-state index is 12.2. The molecule has 0 aliphatic heterocycles. The Kier molecular flexibility index (Phi) is 6.24. The molecule has 5 heteroatoms. The van der Waals surface area contributed by atoms with Gasteiger partial charge in [-0.05, 0) is 25.0 Å². The molecule has 1 aliphatic carbocycles. The van der Waals surface area contributed by atoms with Crippen LogP contribution in [0.5, 0.6) is 0 Å². The Labute approximate surface area is 129 Å². The smallest absolute Gasteiger partial charge is 0.261 e. The van der Waals surface area contributed by atoms with Crippen molar-refractivity contribution in [2.75, 3.05) is 6.61 Å². The average molecular weight is 307 g/mol. The monoisotopic (exact) mass is 307 g/mol. The highest BCUT2D eigenvalue weighted by atomic mass is 32.1. The van der Waals surface area contributed by atoms with Crippen LogP contribution in [0.1, 0.15) is 53.1 Å². The van der Waals surface area contributed by atoms with Gasteiger partial charge in [0, 0.05) is 6.42 Å². The number of nitrogens with one attached hydrogen (secondary N) is 1. The van der Waals surface area contributed by atoms with Crippen molar-refractivity contribution in [2.45, 2.75) is 50.7 Å². The normalized spacial score (nSPS) is 22.0. The highest BCUT2D eigenvalue weighted by Gasteiger charge is 2.24. The van der Waals surface area contributed by atoms with Crippen LogP contribution in [0.25, 0.3) is 0 Å². The molecule has 1 fully saturated rings. The Morgan fingerprint density at radius 2 is 2.14 bits per heavy atom. The van der Waals surface area contributed by atoms with Gasteiger partial charge in [0.15, 0.2) is 0 Å². The molecular weight excluding hydrogens is 286 g/mol. The lowest BCUT2D eigenvalue weighted by molar-refractivity contribution is 0.0822. The van der Waals surface area contributed by atoms with Crippen LogP contribution in [-0.4, -0.2) is 34.9 Å². The molecule has 21 heavy (non-hydrogen) atoms. The van der Waals surface area contributed by atoms with E-state index in [1.54, 1.807) is 6.07 Å². The minimum atomic E-state index is -0.444. The topological polar surface area (TPSA) is 69.6 Å². The van der Waals surface area contributed by atoms with Crippen molar-refractivity contribution in [3.05, 3.63) is 21.9 Å². The van der Waals surface area contributed by atoms with Crippen LogP contribution in [0.4, 0.5) is 0 Å². The fraction of sp³-hybridized carbons (Fsp3) is 0.562. The van der Waals surface area contributed by atoms with E-state index >= 15 is 0 Å². The third-order valence-electron chi connectivity index (χ3n) is 3.57. The minimum Gasteiger partial charge on any atom is -0.395 e. The van der Waals surface area contributed by atoms with Gasteiger partial charge >= 0.3 is 0 Å². The second-order valence-electron chi connectivity index (χ2n) is 5.22. The predicted molar refractivity (Wildman–Crippen MR) is 83.2 cm³/mol. The third-order valence-corrected chi connectivity index (χ3v) is 4.57. The van der Waals surface area contributed by atoms with E-state index in [1.807, 2.05) is 6.07 Å². The zero-order valence-electron chi connectivity index (χ0n) is 12.0. The summed E-state index contributed by atoms with van der Waals surface area (Å²) in [5.74, 6) is 5.62. The molecule has 0 saturated heterocycles. The first-order valence-electron chi connectivity index (χ1n) is 7.39. The number of rotatable bonds is 3. The molecule has 114 valence electrons. The summed E-state index contributed by atoms with van der Waals surface area (Å²) >= 11 is 1.34. The number of aliphatic hydroxyl groups is 2. The summed E-state index contributed by atoms with van der Waals surface area (Å²) in [6.07, 6.45) is 4.77. The molecule has 1 amide bonds. The van der Waals surface area contributed by atoms with E-state index in [1.165, 1.54) is 11.3 Å². The number of carbonyl (C=O) groups is 1. The first-order valence-corrected chi connectivity index (χ1v) is 8.21. The quantitative estimate of drug-likeness (QED) is 0.590. The van der Waals surface area contributed by atoms with E-state index in [9.17, 15) is 9.90 Å². The molecule has 2 atom stereocenters. The first kappa shape index (κ1) is 16.0. The van der Waals surface area contributed by atoms with E-state index in [-0.39, 0.29) is 18.6 Å². The van der Waals surface area contributed by atoms with Gasteiger partial charge in [0.2, 0.25) is 0 Å². The van der Waals surface area contributed by atoms with Crippen molar-refractivity contribution in [1.82, 2.24) is 5.32 Å². The fourth-order valence-electron chi connectivity index (χ4n) is 2.43. The largest absolute Gasteiger partial charge is 0.395 e. The summed E-state index contributed by atoms with van der Waals surface area (Å²) in [5, 5.41) is 21.7. The molecular formula is C16H21NO3S. The Morgan fingerprint density at radius 3 is 2.95 bits per heavy atom. The van der Waals surface area contributed by atoms with Gasteiger partial charge in [-0.3, -0.25) is 4.79 Å². The van der Waals surface area contributed by atoms with Crippen LogP contribution < -0.4 is 5.32 Å². The van der Waals surface area contributed by atoms with Gasteiger partial charge in [-0.1, -0.05) is 31.1 Å². The van der Waals surface area contributed by atoms with Gasteiger partial charge in [-0.2, -0.15) is 0 Å². The van der Waals surface area contributed by atoms with E-state index in [4.69, 9.17) is 5.11 Å². The van der Waals surface area contributed by atoms with Crippen molar-refractivity contribution in [3.63, 3.8) is 0 Å². The zero-order chi connectivity index (χ0) is 15.1. The Morgan fingerprint density at radius 1 is 1.33 bits per heavy atom. The molecule has 2 unspecified atom stereocenters. The molecule has 1 saturated carbocycles. The van der Waals surface area contributed by atoms with Crippen LogP contribution in [-0.2, 0) is 0 Å². The molecule has 0 bridgehead atoms. The SMILES string of the molecule is O=C(NC1CCCCCC1O)c1ccc(C#CCCO)s1. The van der Waals surface area contributed by atoms with Crippen molar-refractivity contribution >= 4 is 17.2 Å². The standard InChI is InChI=1S/C16H21NO3S/c18-11-5-4-6-12-9-10-15(21-12)16(20)17-13-7-2-1-3-8-14(13)19/h9-10,13-14,18-19H,1-3,5,7-8,11H2,(H,17,20). The van der Waals surface area contributed by atoms with E-state index in [2.05, 4.69) is 17.2 Å². The number of aliphatic hydroxyl groups excluding tert-OH is 2. The van der Waals surface area contributed by atoms with Crippen molar-refractivity contribution in [2.24, 2.45) is 0 Å². The molecule has 1 aliphatic rings. The molecule has 2 rings (SSSR count). The van der Waals surface area contributed by atoms with Gasteiger partial charge < -0.3 is 15.5 Å². The predicted octanol–water partition coefficient (Wildman–Crippen LogP) is 1.91. The van der Waals surface area contributed by atoms with Gasteiger partial charge in [0.05, 0.1) is 28.5 Å². The summed E-state index contributed by atoms with van der Waals surface area (Å²) in [5.41, 5.74) is 0. The minimum absolute atomic E-state index is 0.0469. The molecule has 4 nitrogen and oxygen atoms in total. The third kappa shape index (κ3) is 4.85. The van der Waals surface area contributed by atoms with Gasteiger partial charge in [-0.25, -0.2) is 0 Å². The second kappa shape index (κ2) is 8.18. The highest BCUT2D eigenvalue weighted by Crippen LogP contribution is 2.20. The highest BCUT2D eigenvalue weighted by molar-refractivity contribution is 7.14. The Hall–Kier alpha value is -1.35. The summed E-state index contributed by atoms with van der Waals surface area (Å²) in [6, 6.07) is 3.42. The maximum Gasteiger partial charge on any atom is 0.261 e. The van der Waals surface area contributed by atoms with Crippen molar-refractivity contribution in [3.8, 4) is 11.8 Å². The summed E-state index contributed by atoms with van der Waals surface area (Å²) in [7, 11) is 0. The van der Waals surface area contributed by atoms with Crippen LogP contribution in [0.15, 0.2) is 12.1 Å². The number of thiophene rings is 1. The van der Waals surface area contributed by atoms with Gasteiger partial charge in [0.25, 0.3) is 5.91 Å². The van der Waals surface area contributed by atoms with E-state index in [0.717, 1.165) is 37.0 Å². The zero-order valence-corrected chi connectivity index (χ0v) is 12.8. The van der Waals surface area contributed by atoms with Crippen molar-refractivity contribution in [1.29, 1.82) is 0 Å². The number of carbonyl (C=O) groups excluding carboxylic acids is 1.